The van der Waals surface area contributed by atoms with Crippen molar-refractivity contribution < 1.29 is 9.13 Å². The van der Waals surface area contributed by atoms with Crippen molar-refractivity contribution >= 4 is 0 Å². The predicted molar refractivity (Wildman–Crippen MR) is 93.7 cm³/mol. The lowest BCUT2D eigenvalue weighted by molar-refractivity contribution is 0.390. The molecule has 1 aromatic carbocycles. The van der Waals surface area contributed by atoms with Gasteiger partial charge in [0, 0.05) is 42.2 Å². The summed E-state index contributed by atoms with van der Waals surface area (Å²) in [6.45, 7) is 3.57. The Morgan fingerprint density at radius 1 is 1.24 bits per heavy atom. The monoisotopic (exact) mass is 338 g/mol. The van der Waals surface area contributed by atoms with Crippen molar-refractivity contribution in [1.82, 2.24) is 20.1 Å². The van der Waals surface area contributed by atoms with Crippen LogP contribution in [0.4, 0.5) is 4.39 Å². The van der Waals surface area contributed by atoms with Crippen LogP contribution in [0, 0.1) is 5.82 Å². The molecule has 0 bridgehead atoms. The summed E-state index contributed by atoms with van der Waals surface area (Å²) in [6, 6.07) is 9.07. The zero-order chi connectivity index (χ0) is 17.4. The van der Waals surface area contributed by atoms with Crippen molar-refractivity contribution in [2.24, 2.45) is 0 Å². The Morgan fingerprint density at radius 3 is 2.76 bits per heavy atom. The van der Waals surface area contributed by atoms with E-state index in [1.165, 1.54) is 13.2 Å². The number of hydrogen-bond donors (Lipinski definition) is 1. The fourth-order valence-electron chi connectivity index (χ4n) is 3.25. The lowest BCUT2D eigenvalue weighted by Gasteiger charge is -2.22. The standard InChI is InChI=1S/C19H19FN4O/c1-12-11-24-17(10-22-12)18(13-5-7-21-8-6-13)19(23-24)15-4-3-14(25-2)9-16(15)20/h3-9,12,22H,10-11H2,1-2H3/t12-/m1/s1. The highest BCUT2D eigenvalue weighted by atomic mass is 19.1. The fraction of sp³-hybridized carbons (Fsp3) is 0.263. The van der Waals surface area contributed by atoms with Crippen molar-refractivity contribution in [3.63, 3.8) is 0 Å². The minimum Gasteiger partial charge on any atom is -0.497 e. The van der Waals surface area contributed by atoms with Crippen LogP contribution < -0.4 is 10.1 Å². The van der Waals surface area contributed by atoms with Crippen molar-refractivity contribution in [2.75, 3.05) is 7.11 Å². The summed E-state index contributed by atoms with van der Waals surface area (Å²) in [5, 5.41) is 8.20. The molecule has 0 fully saturated rings. The van der Waals surface area contributed by atoms with Gasteiger partial charge in [-0.2, -0.15) is 5.10 Å². The number of ether oxygens (including phenoxy) is 1. The molecule has 1 aliphatic rings. The number of rotatable bonds is 3. The zero-order valence-corrected chi connectivity index (χ0v) is 14.2. The number of aromatic nitrogens is 3. The van der Waals surface area contributed by atoms with Gasteiger partial charge in [0.05, 0.1) is 19.3 Å². The molecule has 0 unspecified atom stereocenters. The average Bonchev–Trinajstić information content (AvgIpc) is 3.00. The Balaban J connectivity index is 1.93. The van der Waals surface area contributed by atoms with Crippen molar-refractivity contribution in [1.29, 1.82) is 0 Å². The molecular formula is C19H19FN4O. The van der Waals surface area contributed by atoms with Crippen molar-refractivity contribution in [2.45, 2.75) is 26.1 Å². The van der Waals surface area contributed by atoms with E-state index in [4.69, 9.17) is 9.84 Å². The van der Waals surface area contributed by atoms with E-state index in [0.29, 0.717) is 29.6 Å². The third-order valence-electron chi connectivity index (χ3n) is 4.52. The van der Waals surface area contributed by atoms with Crippen LogP contribution in [0.3, 0.4) is 0 Å². The van der Waals surface area contributed by atoms with Crippen LogP contribution in [-0.2, 0) is 13.1 Å². The van der Waals surface area contributed by atoms with E-state index in [2.05, 4.69) is 17.2 Å². The third-order valence-corrected chi connectivity index (χ3v) is 4.52. The van der Waals surface area contributed by atoms with Crippen LogP contribution in [0.15, 0.2) is 42.7 Å². The van der Waals surface area contributed by atoms with Gasteiger partial charge in [-0.3, -0.25) is 9.67 Å². The van der Waals surface area contributed by atoms with E-state index in [-0.39, 0.29) is 5.82 Å². The van der Waals surface area contributed by atoms with Crippen LogP contribution in [0.25, 0.3) is 22.4 Å². The molecule has 2 aromatic heterocycles. The van der Waals surface area contributed by atoms with Gasteiger partial charge in [-0.15, -0.1) is 0 Å². The number of hydrogen-bond acceptors (Lipinski definition) is 4. The van der Waals surface area contributed by atoms with Gasteiger partial charge in [0.2, 0.25) is 0 Å². The lowest BCUT2D eigenvalue weighted by atomic mass is 9.98. The SMILES string of the molecule is COc1ccc(-c2nn3c(c2-c2ccncc2)CN[C@H](C)C3)c(F)c1. The summed E-state index contributed by atoms with van der Waals surface area (Å²) in [5.41, 5.74) is 4.12. The summed E-state index contributed by atoms with van der Waals surface area (Å²) in [5.74, 6) is 0.150. The van der Waals surface area contributed by atoms with Crippen LogP contribution in [0.2, 0.25) is 0 Å². The molecule has 1 aliphatic heterocycles. The molecule has 1 atom stereocenters. The Hall–Kier alpha value is -2.73. The van der Waals surface area contributed by atoms with Gasteiger partial charge in [-0.1, -0.05) is 0 Å². The molecule has 25 heavy (non-hydrogen) atoms. The molecule has 3 aromatic rings. The lowest BCUT2D eigenvalue weighted by Crippen LogP contribution is -2.36. The molecule has 0 aliphatic carbocycles. The number of nitrogens with one attached hydrogen (secondary N) is 1. The Bertz CT molecular complexity index is 907. The Labute approximate surface area is 145 Å². The molecule has 0 saturated heterocycles. The number of fused-ring (bicyclic) bond motifs is 1. The second kappa shape index (κ2) is 6.29. The van der Waals surface area contributed by atoms with Crippen molar-refractivity contribution in [3.05, 3.63) is 54.2 Å². The van der Waals surface area contributed by atoms with E-state index in [9.17, 15) is 4.39 Å². The van der Waals surface area contributed by atoms with Gasteiger partial charge in [-0.25, -0.2) is 4.39 Å². The molecule has 0 spiro atoms. The summed E-state index contributed by atoms with van der Waals surface area (Å²) < 4.78 is 21.8. The molecule has 0 amide bonds. The molecule has 128 valence electrons. The first kappa shape index (κ1) is 15.8. The van der Waals surface area contributed by atoms with Gasteiger partial charge in [0.15, 0.2) is 0 Å². The number of methoxy groups -OCH3 is 1. The molecule has 0 saturated carbocycles. The second-order valence-electron chi connectivity index (χ2n) is 6.22. The summed E-state index contributed by atoms with van der Waals surface area (Å²) in [4.78, 5) is 4.09. The van der Waals surface area contributed by atoms with Gasteiger partial charge in [0.25, 0.3) is 0 Å². The topological polar surface area (TPSA) is 52.0 Å². The second-order valence-corrected chi connectivity index (χ2v) is 6.22. The van der Waals surface area contributed by atoms with Gasteiger partial charge in [0.1, 0.15) is 17.3 Å². The first-order chi connectivity index (χ1) is 12.2. The highest BCUT2D eigenvalue weighted by Crippen LogP contribution is 2.37. The van der Waals surface area contributed by atoms with Crippen LogP contribution in [0.5, 0.6) is 5.75 Å². The Kier molecular flexibility index (Phi) is 3.97. The van der Waals surface area contributed by atoms with E-state index in [1.807, 2.05) is 16.8 Å². The van der Waals surface area contributed by atoms with E-state index < -0.39 is 0 Å². The van der Waals surface area contributed by atoms with Gasteiger partial charge >= 0.3 is 0 Å². The van der Waals surface area contributed by atoms with Gasteiger partial charge < -0.3 is 10.1 Å². The van der Waals surface area contributed by atoms with E-state index in [1.54, 1.807) is 24.5 Å². The largest absolute Gasteiger partial charge is 0.497 e. The smallest absolute Gasteiger partial charge is 0.136 e. The summed E-state index contributed by atoms with van der Waals surface area (Å²) in [6.07, 6.45) is 3.48. The van der Waals surface area contributed by atoms with Crippen LogP contribution in [-0.4, -0.2) is 27.9 Å². The third kappa shape index (κ3) is 2.78. The maximum Gasteiger partial charge on any atom is 0.136 e. The summed E-state index contributed by atoms with van der Waals surface area (Å²) in [7, 11) is 1.53. The highest BCUT2D eigenvalue weighted by molar-refractivity contribution is 5.83. The molecule has 1 N–H and O–H groups in total. The van der Waals surface area contributed by atoms with E-state index >= 15 is 0 Å². The summed E-state index contributed by atoms with van der Waals surface area (Å²) >= 11 is 0. The predicted octanol–water partition coefficient (Wildman–Crippen LogP) is 3.25. The minimum atomic E-state index is -0.342. The number of nitrogens with zero attached hydrogens (tertiary/aromatic N) is 3. The molecule has 5 nitrogen and oxygen atoms in total. The molecule has 3 heterocycles. The highest BCUT2D eigenvalue weighted by Gasteiger charge is 2.26. The zero-order valence-electron chi connectivity index (χ0n) is 14.2. The normalized spacial score (nSPS) is 16.5. The number of benzene rings is 1. The molecule has 4 rings (SSSR count). The molecule has 0 radical (unpaired) electrons. The number of pyridine rings is 1. The maximum atomic E-state index is 14.7. The first-order valence-corrected chi connectivity index (χ1v) is 8.24. The maximum absolute atomic E-state index is 14.7. The molecular weight excluding hydrogens is 319 g/mol. The first-order valence-electron chi connectivity index (χ1n) is 8.24. The van der Waals surface area contributed by atoms with Gasteiger partial charge in [-0.05, 0) is 36.8 Å². The van der Waals surface area contributed by atoms with Crippen LogP contribution >= 0.6 is 0 Å². The van der Waals surface area contributed by atoms with Crippen molar-refractivity contribution in [3.8, 4) is 28.1 Å². The minimum absolute atomic E-state index is 0.325. The quantitative estimate of drug-likeness (QED) is 0.796. The average molecular weight is 338 g/mol. The van der Waals surface area contributed by atoms with Crippen LogP contribution in [0.1, 0.15) is 12.6 Å². The fourth-order valence-corrected chi connectivity index (χ4v) is 3.25. The molecule has 6 heteroatoms. The number of halogens is 1. The van der Waals surface area contributed by atoms with E-state index in [0.717, 1.165) is 23.4 Å². The Morgan fingerprint density at radius 2 is 2.04 bits per heavy atom.